The van der Waals surface area contributed by atoms with Crippen LogP contribution in [0.3, 0.4) is 0 Å². The van der Waals surface area contributed by atoms with Crippen molar-refractivity contribution in [3.05, 3.63) is 35.6 Å². The summed E-state index contributed by atoms with van der Waals surface area (Å²) in [6.07, 6.45) is -0.0105. The van der Waals surface area contributed by atoms with Crippen LogP contribution < -0.4 is 5.32 Å². The third-order valence-electron chi connectivity index (χ3n) is 2.90. The van der Waals surface area contributed by atoms with Gasteiger partial charge in [0, 0.05) is 25.6 Å². The molecule has 1 aromatic carbocycles. The van der Waals surface area contributed by atoms with E-state index in [2.05, 4.69) is 5.32 Å². The molecule has 0 saturated carbocycles. The number of amides is 2. The van der Waals surface area contributed by atoms with Crippen LogP contribution in [0.4, 0.5) is 9.18 Å². The fourth-order valence-electron chi connectivity index (χ4n) is 1.88. The van der Waals surface area contributed by atoms with Gasteiger partial charge < -0.3 is 15.0 Å². The van der Waals surface area contributed by atoms with Gasteiger partial charge in [0.1, 0.15) is 11.9 Å². The molecule has 0 aliphatic carbocycles. The molecule has 1 heterocycles. The fraction of sp³-hybridized carbons (Fsp3) is 0.385. The van der Waals surface area contributed by atoms with Crippen molar-refractivity contribution in [2.45, 2.75) is 12.5 Å². The molecule has 102 valence electrons. The maximum Gasteiger partial charge on any atom is 0.409 e. The Balaban J connectivity index is 1.77. The Kier molecular flexibility index (Phi) is 3.99. The zero-order valence-corrected chi connectivity index (χ0v) is 10.6. The lowest BCUT2D eigenvalue weighted by Crippen LogP contribution is -2.28. The predicted octanol–water partition coefficient (Wildman–Crippen LogP) is 1.40. The molecule has 0 aromatic heterocycles. The van der Waals surface area contributed by atoms with Crippen molar-refractivity contribution in [3.8, 4) is 0 Å². The van der Waals surface area contributed by atoms with Gasteiger partial charge in [0.05, 0.1) is 6.54 Å². The van der Waals surface area contributed by atoms with Gasteiger partial charge in [0.15, 0.2) is 0 Å². The molecule has 1 aliphatic heterocycles. The monoisotopic (exact) mass is 266 g/mol. The van der Waals surface area contributed by atoms with Gasteiger partial charge in [-0.1, -0.05) is 6.07 Å². The highest BCUT2D eigenvalue weighted by Crippen LogP contribution is 2.11. The SMILES string of the molecule is CN1CC(CCNC(=O)c2cccc(F)c2)OC1=O. The summed E-state index contributed by atoms with van der Waals surface area (Å²) in [7, 11) is 1.66. The number of hydrogen-bond donors (Lipinski definition) is 1. The van der Waals surface area contributed by atoms with E-state index in [0.717, 1.165) is 0 Å². The van der Waals surface area contributed by atoms with Crippen molar-refractivity contribution >= 4 is 12.0 Å². The van der Waals surface area contributed by atoms with Gasteiger partial charge in [-0.15, -0.1) is 0 Å². The minimum Gasteiger partial charge on any atom is -0.444 e. The molecule has 0 spiro atoms. The zero-order chi connectivity index (χ0) is 13.8. The van der Waals surface area contributed by atoms with E-state index in [4.69, 9.17) is 4.74 Å². The van der Waals surface area contributed by atoms with Crippen molar-refractivity contribution in [2.24, 2.45) is 0 Å². The second kappa shape index (κ2) is 5.69. The number of benzene rings is 1. The lowest BCUT2D eigenvalue weighted by Gasteiger charge is -2.09. The molecule has 1 atom stereocenters. The Morgan fingerprint density at radius 3 is 3.00 bits per heavy atom. The Labute approximate surface area is 110 Å². The van der Waals surface area contributed by atoms with E-state index in [-0.39, 0.29) is 23.7 Å². The Morgan fingerprint density at radius 1 is 1.58 bits per heavy atom. The summed E-state index contributed by atoms with van der Waals surface area (Å²) in [5, 5.41) is 2.67. The molecule has 0 radical (unpaired) electrons. The van der Waals surface area contributed by atoms with Crippen LogP contribution in [0.25, 0.3) is 0 Å². The quantitative estimate of drug-likeness (QED) is 0.896. The van der Waals surface area contributed by atoms with Crippen LogP contribution >= 0.6 is 0 Å². The van der Waals surface area contributed by atoms with E-state index in [0.29, 0.717) is 19.5 Å². The van der Waals surface area contributed by atoms with E-state index in [1.165, 1.54) is 23.1 Å². The third-order valence-corrected chi connectivity index (χ3v) is 2.90. The summed E-state index contributed by atoms with van der Waals surface area (Å²) in [5.74, 6) is -0.781. The van der Waals surface area contributed by atoms with Crippen molar-refractivity contribution in [1.29, 1.82) is 0 Å². The maximum atomic E-state index is 12.9. The minimum absolute atomic E-state index is 0.203. The van der Waals surface area contributed by atoms with Crippen molar-refractivity contribution in [3.63, 3.8) is 0 Å². The number of nitrogens with zero attached hydrogens (tertiary/aromatic N) is 1. The predicted molar refractivity (Wildman–Crippen MR) is 66.2 cm³/mol. The average molecular weight is 266 g/mol. The Bertz CT molecular complexity index is 493. The smallest absolute Gasteiger partial charge is 0.409 e. The number of carbonyl (C=O) groups excluding carboxylic acids is 2. The van der Waals surface area contributed by atoms with E-state index < -0.39 is 5.82 Å². The Morgan fingerprint density at radius 2 is 2.37 bits per heavy atom. The minimum atomic E-state index is -0.445. The van der Waals surface area contributed by atoms with Gasteiger partial charge in [0.25, 0.3) is 5.91 Å². The molecule has 1 saturated heterocycles. The largest absolute Gasteiger partial charge is 0.444 e. The third kappa shape index (κ3) is 3.43. The summed E-state index contributed by atoms with van der Waals surface area (Å²) < 4.78 is 18.0. The first-order valence-corrected chi connectivity index (χ1v) is 6.02. The van der Waals surface area contributed by atoms with Gasteiger partial charge in [-0.3, -0.25) is 4.79 Å². The first-order valence-electron chi connectivity index (χ1n) is 6.02. The summed E-state index contributed by atoms with van der Waals surface area (Å²) in [6.45, 7) is 0.899. The second-order valence-electron chi connectivity index (χ2n) is 4.44. The van der Waals surface area contributed by atoms with Crippen LogP contribution in [-0.2, 0) is 4.74 Å². The van der Waals surface area contributed by atoms with Crippen molar-refractivity contribution in [1.82, 2.24) is 10.2 Å². The van der Waals surface area contributed by atoms with Crippen molar-refractivity contribution in [2.75, 3.05) is 20.1 Å². The first-order chi connectivity index (χ1) is 9.06. The summed E-state index contributed by atoms with van der Waals surface area (Å²) in [4.78, 5) is 24.3. The van der Waals surface area contributed by atoms with Crippen LogP contribution in [0.5, 0.6) is 0 Å². The second-order valence-corrected chi connectivity index (χ2v) is 4.44. The molecule has 1 fully saturated rings. The van der Waals surface area contributed by atoms with E-state index in [9.17, 15) is 14.0 Å². The normalized spacial score (nSPS) is 18.3. The van der Waals surface area contributed by atoms with E-state index >= 15 is 0 Å². The van der Waals surface area contributed by atoms with Gasteiger partial charge in [-0.25, -0.2) is 9.18 Å². The van der Waals surface area contributed by atoms with Gasteiger partial charge in [-0.05, 0) is 18.2 Å². The highest BCUT2D eigenvalue weighted by molar-refractivity contribution is 5.94. The summed E-state index contributed by atoms with van der Waals surface area (Å²) in [5.41, 5.74) is 0.278. The Hall–Kier alpha value is -2.11. The van der Waals surface area contributed by atoms with Crippen LogP contribution in [0.2, 0.25) is 0 Å². The number of likely N-dealkylation sites (N-methyl/N-ethyl adjacent to an activating group) is 1. The molecule has 1 unspecified atom stereocenters. The van der Waals surface area contributed by atoms with Crippen LogP contribution in [0.1, 0.15) is 16.8 Å². The molecule has 2 rings (SSSR count). The van der Waals surface area contributed by atoms with Crippen LogP contribution in [0, 0.1) is 5.82 Å². The molecule has 19 heavy (non-hydrogen) atoms. The molecule has 1 N–H and O–H groups in total. The zero-order valence-electron chi connectivity index (χ0n) is 10.6. The van der Waals surface area contributed by atoms with Crippen LogP contribution in [0.15, 0.2) is 24.3 Å². The van der Waals surface area contributed by atoms with Crippen LogP contribution in [-0.4, -0.2) is 43.1 Å². The molecule has 0 bridgehead atoms. The summed E-state index contributed by atoms with van der Waals surface area (Å²) >= 11 is 0. The maximum absolute atomic E-state index is 12.9. The summed E-state index contributed by atoms with van der Waals surface area (Å²) in [6, 6.07) is 5.49. The number of hydrogen-bond acceptors (Lipinski definition) is 3. The number of cyclic esters (lactones) is 1. The number of nitrogens with one attached hydrogen (secondary N) is 1. The highest BCUT2D eigenvalue weighted by Gasteiger charge is 2.27. The first kappa shape index (κ1) is 13.3. The number of ether oxygens (including phenoxy) is 1. The lowest BCUT2D eigenvalue weighted by atomic mass is 10.2. The fourth-order valence-corrected chi connectivity index (χ4v) is 1.88. The lowest BCUT2D eigenvalue weighted by molar-refractivity contribution is 0.0943. The highest BCUT2D eigenvalue weighted by atomic mass is 19.1. The molecule has 5 nitrogen and oxygen atoms in total. The number of carbonyl (C=O) groups is 2. The average Bonchev–Trinajstić information content (AvgIpc) is 2.68. The van der Waals surface area contributed by atoms with Gasteiger partial charge in [0.2, 0.25) is 0 Å². The number of halogens is 1. The van der Waals surface area contributed by atoms with Gasteiger partial charge >= 0.3 is 6.09 Å². The molecule has 1 aliphatic rings. The standard InChI is InChI=1S/C13H15FN2O3/c1-16-8-11(19-13(16)18)5-6-15-12(17)9-3-2-4-10(14)7-9/h2-4,7,11H,5-6,8H2,1H3,(H,15,17). The number of rotatable bonds is 4. The molecule has 2 amide bonds. The van der Waals surface area contributed by atoms with Gasteiger partial charge in [-0.2, -0.15) is 0 Å². The van der Waals surface area contributed by atoms with E-state index in [1.807, 2.05) is 0 Å². The molecule has 6 heteroatoms. The van der Waals surface area contributed by atoms with E-state index in [1.54, 1.807) is 13.1 Å². The van der Waals surface area contributed by atoms with Crippen molar-refractivity contribution < 1.29 is 18.7 Å². The molecule has 1 aromatic rings. The molecular formula is C13H15FN2O3. The topological polar surface area (TPSA) is 58.6 Å². The molecular weight excluding hydrogens is 251 g/mol.